The van der Waals surface area contributed by atoms with Crippen LogP contribution in [0.3, 0.4) is 0 Å². The molecule has 1 fully saturated rings. The molecule has 2 aromatic rings. The van der Waals surface area contributed by atoms with Crippen LogP contribution in [0.5, 0.6) is 0 Å². The number of carbonyl (C=O) groups excluding carboxylic acids is 1. The number of amides is 1. The minimum atomic E-state index is -0.853. The van der Waals surface area contributed by atoms with Crippen molar-refractivity contribution in [2.45, 2.75) is 24.1 Å². The Balaban J connectivity index is 0.00000196. The summed E-state index contributed by atoms with van der Waals surface area (Å²) in [5.41, 5.74) is 1.65. The molecule has 1 saturated heterocycles. The van der Waals surface area contributed by atoms with Crippen molar-refractivity contribution in [2.75, 3.05) is 18.8 Å². The van der Waals surface area contributed by atoms with Crippen molar-refractivity contribution < 1.29 is 13.6 Å². The van der Waals surface area contributed by atoms with Crippen LogP contribution in [0.1, 0.15) is 23.6 Å². The van der Waals surface area contributed by atoms with E-state index in [1.807, 2.05) is 18.2 Å². The highest BCUT2D eigenvalue weighted by atomic mass is 35.5. The Morgan fingerprint density at radius 3 is 2.75 bits per heavy atom. The fourth-order valence-corrected chi connectivity index (χ4v) is 3.88. The first-order valence-corrected chi connectivity index (χ1v) is 9.71. The number of thioether (sulfide) groups is 1. The lowest BCUT2D eigenvalue weighted by Crippen LogP contribution is -2.50. The molecule has 0 aliphatic carbocycles. The molecule has 1 aromatic heterocycles. The summed E-state index contributed by atoms with van der Waals surface area (Å²) in [6, 6.07) is 9.54. The molecular weight excluding hydrogens is 427 g/mol. The third-order valence-electron chi connectivity index (χ3n) is 4.41. The van der Waals surface area contributed by atoms with Gasteiger partial charge < -0.3 is 10.6 Å². The van der Waals surface area contributed by atoms with E-state index in [-0.39, 0.29) is 42.7 Å². The third-order valence-corrected chi connectivity index (χ3v) is 5.38. The van der Waals surface area contributed by atoms with Gasteiger partial charge in [0.25, 0.3) is 0 Å². The van der Waals surface area contributed by atoms with E-state index in [9.17, 15) is 13.6 Å². The molecule has 1 aliphatic heterocycles. The van der Waals surface area contributed by atoms with Crippen LogP contribution < -0.4 is 10.6 Å². The largest absolute Gasteiger partial charge is 0.351 e. The number of hydrogen-bond acceptors (Lipinski definition) is 4. The van der Waals surface area contributed by atoms with Gasteiger partial charge in [-0.15, -0.1) is 36.6 Å². The third kappa shape index (κ3) is 6.88. The quantitative estimate of drug-likeness (QED) is 0.705. The van der Waals surface area contributed by atoms with Crippen LogP contribution in [-0.4, -0.2) is 35.8 Å². The molecule has 28 heavy (non-hydrogen) atoms. The van der Waals surface area contributed by atoms with Crippen molar-refractivity contribution in [3.05, 3.63) is 65.5 Å². The fourth-order valence-electron chi connectivity index (χ4n) is 3.13. The van der Waals surface area contributed by atoms with Gasteiger partial charge in [-0.2, -0.15) is 0 Å². The molecule has 0 bridgehead atoms. The van der Waals surface area contributed by atoms with E-state index >= 15 is 0 Å². The summed E-state index contributed by atoms with van der Waals surface area (Å²) in [6.07, 6.45) is 2.49. The van der Waals surface area contributed by atoms with Gasteiger partial charge in [0.1, 0.15) is 0 Å². The normalized spacial score (nSPS) is 18.5. The summed E-state index contributed by atoms with van der Waals surface area (Å²) in [5, 5.41) is 6.28. The maximum absolute atomic E-state index is 13.6. The molecule has 0 spiro atoms. The van der Waals surface area contributed by atoms with Crippen molar-refractivity contribution in [3.8, 4) is 0 Å². The van der Waals surface area contributed by atoms with Crippen LogP contribution >= 0.6 is 36.6 Å². The fraction of sp³-hybridized carbons (Fsp3) is 0.368. The van der Waals surface area contributed by atoms with Crippen LogP contribution in [0.4, 0.5) is 8.78 Å². The van der Waals surface area contributed by atoms with E-state index in [1.54, 1.807) is 12.3 Å². The molecule has 2 heterocycles. The second-order valence-corrected chi connectivity index (χ2v) is 7.25. The Labute approximate surface area is 180 Å². The van der Waals surface area contributed by atoms with Crippen LogP contribution in [0.15, 0.2) is 42.6 Å². The van der Waals surface area contributed by atoms with Gasteiger partial charge in [0.15, 0.2) is 11.6 Å². The second-order valence-electron chi connectivity index (χ2n) is 6.26. The van der Waals surface area contributed by atoms with Gasteiger partial charge in [-0.1, -0.05) is 12.1 Å². The van der Waals surface area contributed by atoms with Crippen molar-refractivity contribution in [3.63, 3.8) is 0 Å². The van der Waals surface area contributed by atoms with Crippen molar-refractivity contribution in [2.24, 2.45) is 0 Å². The Morgan fingerprint density at radius 2 is 2.04 bits per heavy atom. The molecular formula is C19H23Cl2F2N3OS. The van der Waals surface area contributed by atoms with Gasteiger partial charge in [0.2, 0.25) is 5.91 Å². The molecule has 0 radical (unpaired) electrons. The SMILES string of the molecule is Cl.Cl.O=C(CSCc1ccccn1)NC1CNCCC1c1ccc(F)c(F)c1. The van der Waals surface area contributed by atoms with Gasteiger partial charge in [0, 0.05) is 30.5 Å². The monoisotopic (exact) mass is 449 g/mol. The van der Waals surface area contributed by atoms with E-state index in [0.717, 1.165) is 30.3 Å². The van der Waals surface area contributed by atoms with E-state index in [2.05, 4.69) is 15.6 Å². The molecule has 3 rings (SSSR count). The smallest absolute Gasteiger partial charge is 0.230 e. The summed E-state index contributed by atoms with van der Waals surface area (Å²) < 4.78 is 26.8. The number of benzene rings is 1. The van der Waals surface area contributed by atoms with E-state index < -0.39 is 11.6 Å². The zero-order chi connectivity index (χ0) is 18.4. The topological polar surface area (TPSA) is 54.0 Å². The van der Waals surface area contributed by atoms with E-state index in [1.165, 1.54) is 17.8 Å². The molecule has 1 aromatic carbocycles. The van der Waals surface area contributed by atoms with Crippen LogP contribution in [0.25, 0.3) is 0 Å². The molecule has 1 amide bonds. The molecule has 2 unspecified atom stereocenters. The lowest BCUT2D eigenvalue weighted by molar-refractivity contribution is -0.119. The zero-order valence-corrected chi connectivity index (χ0v) is 17.5. The van der Waals surface area contributed by atoms with Crippen LogP contribution in [0, 0.1) is 11.6 Å². The molecule has 2 N–H and O–H groups in total. The Bertz CT molecular complexity index is 755. The summed E-state index contributed by atoms with van der Waals surface area (Å²) in [5.74, 6) is -0.795. The summed E-state index contributed by atoms with van der Waals surface area (Å²) in [4.78, 5) is 16.5. The van der Waals surface area contributed by atoms with Gasteiger partial charge in [-0.25, -0.2) is 8.78 Å². The average molecular weight is 450 g/mol. The first kappa shape index (κ1) is 24.6. The van der Waals surface area contributed by atoms with Crippen LogP contribution in [0.2, 0.25) is 0 Å². The first-order chi connectivity index (χ1) is 12.6. The summed E-state index contributed by atoms with van der Waals surface area (Å²) in [6.45, 7) is 1.39. The van der Waals surface area contributed by atoms with Crippen molar-refractivity contribution in [1.82, 2.24) is 15.6 Å². The van der Waals surface area contributed by atoms with Gasteiger partial charge in [0.05, 0.1) is 11.4 Å². The number of hydrogen-bond donors (Lipinski definition) is 2. The number of rotatable bonds is 6. The lowest BCUT2D eigenvalue weighted by atomic mass is 9.86. The van der Waals surface area contributed by atoms with E-state index in [4.69, 9.17) is 0 Å². The number of nitrogens with zero attached hydrogens (tertiary/aromatic N) is 1. The predicted octanol–water partition coefficient (Wildman–Crippen LogP) is 3.70. The Kier molecular flexibility index (Phi) is 10.7. The van der Waals surface area contributed by atoms with Crippen molar-refractivity contribution >= 4 is 42.5 Å². The number of pyridine rings is 1. The molecule has 2 atom stereocenters. The highest BCUT2D eigenvalue weighted by Crippen LogP contribution is 2.27. The number of piperidine rings is 1. The standard InChI is InChI=1S/C19H21F2N3OS.2ClH/c20-16-5-4-13(9-17(16)21)15-6-8-22-10-18(15)24-19(25)12-26-11-14-3-1-2-7-23-14;;/h1-5,7,9,15,18,22H,6,8,10-12H2,(H,24,25);2*1H. The minimum Gasteiger partial charge on any atom is -0.351 e. The summed E-state index contributed by atoms with van der Waals surface area (Å²) in [7, 11) is 0. The maximum Gasteiger partial charge on any atom is 0.230 e. The van der Waals surface area contributed by atoms with Gasteiger partial charge in [-0.3, -0.25) is 9.78 Å². The predicted molar refractivity (Wildman–Crippen MR) is 113 cm³/mol. The molecule has 1 aliphatic rings. The average Bonchev–Trinajstić information content (AvgIpc) is 2.65. The van der Waals surface area contributed by atoms with Gasteiger partial charge in [-0.05, 0) is 42.8 Å². The first-order valence-electron chi connectivity index (χ1n) is 8.56. The minimum absolute atomic E-state index is 0. The zero-order valence-electron chi connectivity index (χ0n) is 15.1. The Hall–Kier alpha value is -1.41. The molecule has 4 nitrogen and oxygen atoms in total. The van der Waals surface area contributed by atoms with E-state index in [0.29, 0.717) is 18.1 Å². The molecule has 0 saturated carbocycles. The number of nitrogens with one attached hydrogen (secondary N) is 2. The molecule has 154 valence electrons. The van der Waals surface area contributed by atoms with Crippen LogP contribution in [-0.2, 0) is 10.5 Å². The maximum atomic E-state index is 13.6. The molecule has 9 heteroatoms. The van der Waals surface area contributed by atoms with Gasteiger partial charge >= 0.3 is 0 Å². The number of halogens is 4. The Morgan fingerprint density at radius 1 is 1.21 bits per heavy atom. The number of aromatic nitrogens is 1. The second kappa shape index (κ2) is 12.2. The summed E-state index contributed by atoms with van der Waals surface area (Å²) >= 11 is 1.50. The highest BCUT2D eigenvalue weighted by molar-refractivity contribution is 7.99. The lowest BCUT2D eigenvalue weighted by Gasteiger charge is -2.33. The number of carbonyl (C=O) groups is 1. The van der Waals surface area contributed by atoms with Crippen molar-refractivity contribution in [1.29, 1.82) is 0 Å². The highest BCUT2D eigenvalue weighted by Gasteiger charge is 2.28.